The maximum absolute atomic E-state index is 14.3. The molecule has 0 saturated carbocycles. The summed E-state index contributed by atoms with van der Waals surface area (Å²) in [5.74, 6) is -0.909. The summed E-state index contributed by atoms with van der Waals surface area (Å²) >= 11 is 8.15. The standard InChI is InChI=1S/C16H15ClFN3O3S2/c1-2-24-14(22)9-25-13-8-12(11(18)7-10(13)17)19-15-20-5-3-4-6-21(20)16(23)26-15/h4,6-8H,2-3,5,9H2,1H3. The number of nitrogens with zero attached hydrogens (tertiary/aromatic N) is 3. The molecule has 0 amide bonds. The molecule has 0 aliphatic carbocycles. The minimum absolute atomic E-state index is 0.0625. The molecule has 0 unspecified atom stereocenters. The third kappa shape index (κ3) is 4.11. The monoisotopic (exact) mass is 415 g/mol. The molecule has 138 valence electrons. The van der Waals surface area contributed by atoms with Gasteiger partial charge >= 0.3 is 10.8 Å². The van der Waals surface area contributed by atoms with Crippen LogP contribution in [0.1, 0.15) is 13.3 Å². The first kappa shape index (κ1) is 18.9. The van der Waals surface area contributed by atoms with E-state index in [0.717, 1.165) is 35.6 Å². The van der Waals surface area contributed by atoms with Crippen molar-refractivity contribution in [3.63, 3.8) is 0 Å². The number of halogens is 2. The molecule has 1 aliphatic heterocycles. The van der Waals surface area contributed by atoms with Crippen LogP contribution in [0.4, 0.5) is 10.1 Å². The Hall–Kier alpha value is -1.84. The van der Waals surface area contributed by atoms with Crippen molar-refractivity contribution in [2.45, 2.75) is 24.8 Å². The highest BCUT2D eigenvalue weighted by atomic mass is 35.5. The second-order valence-electron chi connectivity index (χ2n) is 5.23. The molecule has 6 nitrogen and oxygen atoms in total. The Labute approximate surface area is 161 Å². The van der Waals surface area contributed by atoms with Crippen LogP contribution in [0, 0.1) is 5.82 Å². The Balaban J connectivity index is 1.96. The molecule has 0 atom stereocenters. The Kier molecular flexibility index (Phi) is 6.00. The molecule has 2 aromatic rings. The van der Waals surface area contributed by atoms with Crippen LogP contribution in [0.2, 0.25) is 5.02 Å². The molecule has 0 fully saturated rings. The minimum atomic E-state index is -0.595. The maximum atomic E-state index is 14.3. The van der Waals surface area contributed by atoms with Crippen LogP contribution < -0.4 is 9.67 Å². The zero-order chi connectivity index (χ0) is 18.7. The highest BCUT2D eigenvalue weighted by Crippen LogP contribution is 2.33. The molecule has 26 heavy (non-hydrogen) atoms. The van der Waals surface area contributed by atoms with Crippen LogP contribution in [0.5, 0.6) is 0 Å². The van der Waals surface area contributed by atoms with Gasteiger partial charge in [0.2, 0.25) is 4.80 Å². The molecule has 0 N–H and O–H groups in total. The molecule has 1 aliphatic rings. The van der Waals surface area contributed by atoms with Gasteiger partial charge in [-0.1, -0.05) is 17.7 Å². The first-order valence-electron chi connectivity index (χ1n) is 7.81. The van der Waals surface area contributed by atoms with E-state index in [4.69, 9.17) is 16.3 Å². The van der Waals surface area contributed by atoms with Crippen molar-refractivity contribution in [1.29, 1.82) is 0 Å². The lowest BCUT2D eigenvalue weighted by atomic mass is 10.3. The van der Waals surface area contributed by atoms with Crippen molar-refractivity contribution in [3.8, 4) is 0 Å². The number of fused-ring (bicyclic) bond motifs is 1. The van der Waals surface area contributed by atoms with Gasteiger partial charge in [0, 0.05) is 17.6 Å². The third-order valence-corrected chi connectivity index (χ3v) is 5.77. The van der Waals surface area contributed by atoms with Crippen LogP contribution in [-0.4, -0.2) is 27.7 Å². The summed E-state index contributed by atoms with van der Waals surface area (Å²) in [7, 11) is 0. The zero-order valence-electron chi connectivity index (χ0n) is 13.8. The van der Waals surface area contributed by atoms with E-state index >= 15 is 0 Å². The fourth-order valence-electron chi connectivity index (χ4n) is 2.32. The molecule has 10 heteroatoms. The molecule has 1 aromatic heterocycles. The van der Waals surface area contributed by atoms with Gasteiger partial charge in [0.05, 0.1) is 17.4 Å². The van der Waals surface area contributed by atoms with E-state index in [2.05, 4.69) is 4.99 Å². The lowest BCUT2D eigenvalue weighted by Crippen LogP contribution is -2.26. The molecule has 1 aromatic carbocycles. The van der Waals surface area contributed by atoms with Gasteiger partial charge in [-0.15, -0.1) is 11.8 Å². The number of hydrogen-bond acceptors (Lipinski definition) is 6. The van der Waals surface area contributed by atoms with E-state index < -0.39 is 5.82 Å². The summed E-state index contributed by atoms with van der Waals surface area (Å²) in [6.07, 6.45) is 4.35. The number of thioether (sulfide) groups is 1. The predicted molar refractivity (Wildman–Crippen MR) is 101 cm³/mol. The van der Waals surface area contributed by atoms with E-state index in [0.29, 0.717) is 22.8 Å². The van der Waals surface area contributed by atoms with Gasteiger partial charge in [-0.2, -0.15) is 0 Å². The Morgan fingerprint density at radius 1 is 1.50 bits per heavy atom. The van der Waals surface area contributed by atoms with E-state index in [-0.39, 0.29) is 27.3 Å². The number of rotatable bonds is 5. The summed E-state index contributed by atoms with van der Waals surface area (Å²) in [4.78, 5) is 28.5. The van der Waals surface area contributed by atoms with Crippen LogP contribution in [-0.2, 0) is 16.1 Å². The summed E-state index contributed by atoms with van der Waals surface area (Å²) in [6, 6.07) is 2.63. The number of ether oxygens (including phenoxy) is 1. The van der Waals surface area contributed by atoms with Crippen molar-refractivity contribution in [1.82, 2.24) is 9.36 Å². The normalized spacial score (nSPS) is 13.7. The van der Waals surface area contributed by atoms with Crippen molar-refractivity contribution < 1.29 is 13.9 Å². The lowest BCUT2D eigenvalue weighted by Gasteiger charge is -2.10. The topological polar surface area (TPSA) is 65.6 Å². The number of benzene rings is 1. The second-order valence-corrected chi connectivity index (χ2v) is 7.57. The van der Waals surface area contributed by atoms with Crippen LogP contribution in [0.3, 0.4) is 0 Å². The maximum Gasteiger partial charge on any atom is 0.329 e. The first-order chi connectivity index (χ1) is 12.5. The van der Waals surface area contributed by atoms with Crippen molar-refractivity contribution in [3.05, 3.63) is 43.5 Å². The number of hydrogen-bond donors (Lipinski definition) is 0. The molecule has 0 radical (unpaired) electrons. The van der Waals surface area contributed by atoms with Gasteiger partial charge in [0.25, 0.3) is 0 Å². The molecule has 3 rings (SSSR count). The molecule has 0 bridgehead atoms. The number of esters is 1. The van der Waals surface area contributed by atoms with Gasteiger partial charge in [-0.05, 0) is 36.8 Å². The molecule has 2 heterocycles. The number of carbonyl (C=O) groups excluding carboxylic acids is 1. The first-order valence-corrected chi connectivity index (χ1v) is 9.99. The minimum Gasteiger partial charge on any atom is -0.465 e. The quantitative estimate of drug-likeness (QED) is 0.555. The fourth-order valence-corrected chi connectivity index (χ4v) is 4.22. The van der Waals surface area contributed by atoms with Crippen LogP contribution in [0.15, 0.2) is 32.9 Å². The predicted octanol–water partition coefficient (Wildman–Crippen LogP) is 3.27. The largest absolute Gasteiger partial charge is 0.465 e. The highest BCUT2D eigenvalue weighted by Gasteiger charge is 2.13. The molecule has 0 spiro atoms. The third-order valence-electron chi connectivity index (χ3n) is 3.47. The average molecular weight is 416 g/mol. The number of aromatic nitrogens is 2. The van der Waals surface area contributed by atoms with Crippen molar-refractivity contribution >= 4 is 52.6 Å². The Morgan fingerprint density at radius 3 is 3.08 bits per heavy atom. The molecular formula is C16H15ClFN3O3S2. The number of carbonyl (C=O) groups is 1. The SMILES string of the molecule is CCOC(=O)CSc1cc(N=c2sc(=O)n3n2CCC=C3)c(F)cc1Cl. The summed E-state index contributed by atoms with van der Waals surface area (Å²) < 4.78 is 22.3. The summed E-state index contributed by atoms with van der Waals surface area (Å²) in [5, 5.41) is 0.193. The van der Waals surface area contributed by atoms with Gasteiger partial charge in [-0.3, -0.25) is 14.3 Å². The smallest absolute Gasteiger partial charge is 0.329 e. The van der Waals surface area contributed by atoms with E-state index in [1.807, 2.05) is 6.08 Å². The second kappa shape index (κ2) is 8.24. The van der Waals surface area contributed by atoms with Crippen LogP contribution in [0.25, 0.3) is 6.20 Å². The van der Waals surface area contributed by atoms with Gasteiger partial charge in [0.15, 0.2) is 0 Å². The average Bonchev–Trinajstić information content (AvgIpc) is 2.93. The fraction of sp³-hybridized carbons (Fsp3) is 0.312. The Morgan fingerprint density at radius 2 is 2.31 bits per heavy atom. The highest BCUT2D eigenvalue weighted by molar-refractivity contribution is 8.00. The summed E-state index contributed by atoms with van der Waals surface area (Å²) in [6.45, 7) is 2.61. The zero-order valence-corrected chi connectivity index (χ0v) is 16.2. The molecule has 0 saturated heterocycles. The van der Waals surface area contributed by atoms with E-state index in [1.54, 1.807) is 17.8 Å². The number of allylic oxidation sites excluding steroid dienone is 1. The summed E-state index contributed by atoms with van der Waals surface area (Å²) in [5.41, 5.74) is 0.0625. The van der Waals surface area contributed by atoms with Crippen LogP contribution >= 0.6 is 34.7 Å². The van der Waals surface area contributed by atoms with Crippen molar-refractivity contribution in [2.75, 3.05) is 12.4 Å². The van der Waals surface area contributed by atoms with Gasteiger partial charge in [-0.25, -0.2) is 14.1 Å². The van der Waals surface area contributed by atoms with Crippen molar-refractivity contribution in [2.24, 2.45) is 4.99 Å². The van der Waals surface area contributed by atoms with Gasteiger partial charge in [0.1, 0.15) is 11.5 Å². The van der Waals surface area contributed by atoms with E-state index in [9.17, 15) is 14.0 Å². The van der Waals surface area contributed by atoms with E-state index in [1.165, 1.54) is 10.7 Å². The molecular weight excluding hydrogens is 401 g/mol. The van der Waals surface area contributed by atoms with Gasteiger partial charge < -0.3 is 4.74 Å². The lowest BCUT2D eigenvalue weighted by molar-refractivity contribution is -0.139. The Bertz CT molecular complexity index is 994.